The van der Waals surface area contributed by atoms with Crippen LogP contribution in [0.1, 0.15) is 30.5 Å². The van der Waals surface area contributed by atoms with Gasteiger partial charge in [-0.1, -0.05) is 11.6 Å². The number of halogens is 5. The number of rotatable bonds is 10. The molecule has 2 unspecified atom stereocenters. The fourth-order valence-electron chi connectivity index (χ4n) is 3.30. The molecule has 0 aliphatic heterocycles. The first-order valence-electron chi connectivity index (χ1n) is 10.2. The summed E-state index contributed by atoms with van der Waals surface area (Å²) in [5, 5.41) is 11.9. The second-order valence-electron chi connectivity index (χ2n) is 7.85. The van der Waals surface area contributed by atoms with Crippen LogP contribution in [0.4, 0.5) is 29.1 Å². The van der Waals surface area contributed by atoms with Crippen molar-refractivity contribution in [2.24, 2.45) is 11.7 Å². The monoisotopic (exact) mass is 518 g/mol. The molecule has 2 amide bonds. The molecule has 0 saturated carbocycles. The van der Waals surface area contributed by atoms with Gasteiger partial charge in [0.25, 0.3) is 0 Å². The van der Waals surface area contributed by atoms with E-state index in [4.69, 9.17) is 17.3 Å². The second kappa shape index (κ2) is 11.3. The zero-order chi connectivity index (χ0) is 26.5. The minimum atomic E-state index is -4.68. The predicted octanol–water partition coefficient (Wildman–Crippen LogP) is 4.00. The number of alkyl halides is 3. The fourth-order valence-corrected chi connectivity index (χ4v) is 3.48. The van der Waals surface area contributed by atoms with Crippen molar-refractivity contribution in [2.45, 2.75) is 38.4 Å². The van der Waals surface area contributed by atoms with Gasteiger partial charge in [-0.25, -0.2) is 9.37 Å². The lowest BCUT2D eigenvalue weighted by molar-refractivity contribution is -0.142. The molecule has 0 saturated heterocycles. The number of hydrogen-bond donors (Lipinski definition) is 3. The van der Waals surface area contributed by atoms with Crippen LogP contribution in [0.2, 0.25) is 5.02 Å². The van der Waals surface area contributed by atoms with Crippen molar-refractivity contribution in [2.75, 3.05) is 17.3 Å². The highest BCUT2D eigenvalue weighted by molar-refractivity contribution is 6.31. The molecular formula is C22H23ClF4N4O4. The smallest absolute Gasteiger partial charge is 0.416 e. The highest BCUT2D eigenvalue weighted by Gasteiger charge is 2.33. The van der Waals surface area contributed by atoms with E-state index in [2.05, 4.69) is 10.3 Å². The lowest BCUT2D eigenvalue weighted by Crippen LogP contribution is -2.43. The molecule has 190 valence electrons. The first kappa shape index (κ1) is 27.8. The van der Waals surface area contributed by atoms with Crippen LogP contribution in [0.15, 0.2) is 30.3 Å². The molecule has 0 aliphatic rings. The zero-order valence-electron chi connectivity index (χ0n) is 18.7. The summed E-state index contributed by atoms with van der Waals surface area (Å²) in [5.41, 5.74) is 4.25. The largest absolute Gasteiger partial charge is 0.481 e. The molecule has 2 aromatic rings. The Kier molecular flexibility index (Phi) is 9.02. The number of nitrogens with zero attached hydrogens (tertiary/aromatic N) is 2. The number of aromatic nitrogens is 1. The number of carboxylic acids is 1. The van der Waals surface area contributed by atoms with E-state index in [1.807, 2.05) is 0 Å². The van der Waals surface area contributed by atoms with Gasteiger partial charge < -0.3 is 21.1 Å². The molecule has 2 atom stereocenters. The van der Waals surface area contributed by atoms with Gasteiger partial charge in [0.1, 0.15) is 17.7 Å². The Morgan fingerprint density at radius 1 is 1.23 bits per heavy atom. The summed E-state index contributed by atoms with van der Waals surface area (Å²) in [4.78, 5) is 41.2. The van der Waals surface area contributed by atoms with Crippen LogP contribution in [0.5, 0.6) is 0 Å². The quantitative estimate of drug-likeness (QED) is 0.408. The zero-order valence-corrected chi connectivity index (χ0v) is 19.5. The first-order chi connectivity index (χ1) is 16.2. The number of benzene rings is 1. The highest BCUT2D eigenvalue weighted by atomic mass is 35.5. The minimum absolute atomic E-state index is 0.00991. The third-order valence-electron chi connectivity index (χ3n) is 5.13. The average molecular weight is 519 g/mol. The van der Waals surface area contributed by atoms with E-state index >= 15 is 0 Å². The predicted molar refractivity (Wildman–Crippen MR) is 120 cm³/mol. The van der Waals surface area contributed by atoms with E-state index in [9.17, 15) is 37.1 Å². The Bertz CT molecular complexity index is 1110. The standard InChI is InChI=1S/C22H23ClF4N4O4/c1-11-7-13(22(25,26)27)9-19(29-11)30-17(8-12(21(34)35)3-6-18(28)32)20(33)31(2)14-4-5-16(24)15(23)10-14/h4-5,7,9-10,12,17H,3,6,8H2,1-2H3,(H2,28,32)(H,29,30)(H,34,35). The summed E-state index contributed by atoms with van der Waals surface area (Å²) < 4.78 is 53.3. The summed E-state index contributed by atoms with van der Waals surface area (Å²) in [6.07, 6.45) is -5.56. The Labute approximate surface area is 203 Å². The van der Waals surface area contributed by atoms with Gasteiger partial charge in [0.2, 0.25) is 11.8 Å². The van der Waals surface area contributed by atoms with Gasteiger partial charge in [-0.2, -0.15) is 13.2 Å². The summed E-state index contributed by atoms with van der Waals surface area (Å²) in [5.74, 6) is -5.10. The number of hydrogen-bond acceptors (Lipinski definition) is 5. The number of primary amides is 1. The van der Waals surface area contributed by atoms with Crippen molar-refractivity contribution in [1.29, 1.82) is 0 Å². The number of aliphatic carboxylic acids is 1. The normalized spacial score (nSPS) is 13.1. The maximum Gasteiger partial charge on any atom is 0.416 e. The number of carbonyl (C=O) groups is 3. The highest BCUT2D eigenvalue weighted by Crippen LogP contribution is 2.31. The van der Waals surface area contributed by atoms with Crippen LogP contribution in [0.3, 0.4) is 0 Å². The van der Waals surface area contributed by atoms with Crippen molar-refractivity contribution < 1.29 is 37.1 Å². The number of nitrogens with one attached hydrogen (secondary N) is 1. The number of nitrogens with two attached hydrogens (primary N) is 1. The van der Waals surface area contributed by atoms with Crippen molar-refractivity contribution in [3.63, 3.8) is 0 Å². The molecule has 0 spiro atoms. The van der Waals surface area contributed by atoms with Crippen LogP contribution in [0, 0.1) is 18.7 Å². The molecule has 8 nitrogen and oxygen atoms in total. The van der Waals surface area contributed by atoms with Crippen molar-refractivity contribution in [3.8, 4) is 0 Å². The molecule has 0 radical (unpaired) electrons. The van der Waals surface area contributed by atoms with Gasteiger partial charge in [-0.05, 0) is 50.1 Å². The van der Waals surface area contributed by atoms with Crippen molar-refractivity contribution in [3.05, 3.63) is 52.4 Å². The molecule has 1 heterocycles. The Morgan fingerprint density at radius 3 is 2.43 bits per heavy atom. The summed E-state index contributed by atoms with van der Waals surface area (Å²) >= 11 is 5.78. The SMILES string of the molecule is Cc1cc(C(F)(F)F)cc(NC(CC(CCC(N)=O)C(=O)O)C(=O)N(C)c2ccc(F)c(Cl)c2)n1. The van der Waals surface area contributed by atoms with Crippen LogP contribution >= 0.6 is 11.6 Å². The summed E-state index contributed by atoms with van der Waals surface area (Å²) in [6, 6.07) is 3.58. The van der Waals surface area contributed by atoms with Gasteiger partial charge in [0.15, 0.2) is 0 Å². The Hall–Kier alpha value is -3.41. The number of aryl methyl sites for hydroxylation is 1. The molecule has 1 aromatic heterocycles. The summed E-state index contributed by atoms with van der Waals surface area (Å²) in [7, 11) is 1.31. The number of likely N-dealkylation sites (N-methyl/N-ethyl adjacent to an activating group) is 1. The minimum Gasteiger partial charge on any atom is -0.481 e. The third-order valence-corrected chi connectivity index (χ3v) is 5.42. The number of pyridine rings is 1. The van der Waals surface area contributed by atoms with Gasteiger partial charge in [-0.15, -0.1) is 0 Å². The fraction of sp³-hybridized carbons (Fsp3) is 0.364. The molecular weight excluding hydrogens is 496 g/mol. The number of carboxylic acid groups (broad SMARTS) is 1. The van der Waals surface area contributed by atoms with Gasteiger partial charge in [0.05, 0.1) is 16.5 Å². The van der Waals surface area contributed by atoms with Crippen LogP contribution in [-0.4, -0.2) is 41.0 Å². The van der Waals surface area contributed by atoms with E-state index in [1.54, 1.807) is 0 Å². The Morgan fingerprint density at radius 2 is 1.89 bits per heavy atom. The number of amides is 2. The molecule has 4 N–H and O–H groups in total. The van der Waals surface area contributed by atoms with Crippen LogP contribution in [-0.2, 0) is 20.6 Å². The van der Waals surface area contributed by atoms with E-state index in [0.29, 0.717) is 6.07 Å². The molecule has 2 rings (SSSR count). The van der Waals surface area contributed by atoms with Gasteiger partial charge >= 0.3 is 12.1 Å². The number of anilines is 2. The third kappa shape index (κ3) is 7.81. The van der Waals surface area contributed by atoms with Crippen molar-refractivity contribution in [1.82, 2.24) is 4.98 Å². The lowest BCUT2D eigenvalue weighted by atomic mass is 9.94. The average Bonchev–Trinajstić information content (AvgIpc) is 2.75. The van der Waals surface area contributed by atoms with E-state index < -0.39 is 53.7 Å². The maximum atomic E-state index is 13.5. The van der Waals surface area contributed by atoms with Gasteiger partial charge in [-0.3, -0.25) is 14.4 Å². The molecule has 1 aromatic carbocycles. The lowest BCUT2D eigenvalue weighted by Gasteiger charge is -2.27. The first-order valence-corrected chi connectivity index (χ1v) is 10.6. The van der Waals surface area contributed by atoms with Crippen LogP contribution in [0.25, 0.3) is 0 Å². The second-order valence-corrected chi connectivity index (χ2v) is 8.26. The molecule has 13 heteroatoms. The molecule has 35 heavy (non-hydrogen) atoms. The van der Waals surface area contributed by atoms with Crippen molar-refractivity contribution >= 4 is 40.9 Å². The Balaban J connectivity index is 2.44. The van der Waals surface area contributed by atoms with Gasteiger partial charge in [0, 0.05) is 24.8 Å². The molecule has 0 aliphatic carbocycles. The van der Waals surface area contributed by atoms with E-state index in [1.165, 1.54) is 26.1 Å². The topological polar surface area (TPSA) is 126 Å². The van der Waals surface area contributed by atoms with Crippen LogP contribution < -0.4 is 16.0 Å². The van der Waals surface area contributed by atoms with E-state index in [-0.39, 0.29) is 35.1 Å². The molecule has 0 bridgehead atoms. The summed E-state index contributed by atoms with van der Waals surface area (Å²) in [6.45, 7) is 1.33. The number of carbonyl (C=O) groups excluding carboxylic acids is 2. The maximum absolute atomic E-state index is 13.5. The molecule has 0 fully saturated rings. The van der Waals surface area contributed by atoms with E-state index in [0.717, 1.165) is 17.0 Å².